The molecule has 0 aliphatic carbocycles. The molecule has 0 bridgehead atoms. The summed E-state index contributed by atoms with van der Waals surface area (Å²) < 4.78 is 0. The van der Waals surface area contributed by atoms with Gasteiger partial charge < -0.3 is 16.0 Å². The van der Waals surface area contributed by atoms with Crippen molar-refractivity contribution in [2.24, 2.45) is 4.99 Å². The molecule has 1 aromatic rings. The summed E-state index contributed by atoms with van der Waals surface area (Å²) in [5.74, 6) is 0.769. The molecule has 6 heteroatoms. The van der Waals surface area contributed by atoms with Crippen molar-refractivity contribution in [1.82, 2.24) is 16.0 Å². The molecule has 0 unspecified atom stereocenters. The van der Waals surface area contributed by atoms with Crippen molar-refractivity contribution in [2.45, 2.75) is 33.1 Å². The number of amides is 1. The summed E-state index contributed by atoms with van der Waals surface area (Å²) in [6, 6.07) is 7.82. The quantitative estimate of drug-likeness (QED) is 0.478. The van der Waals surface area contributed by atoms with Crippen LogP contribution in [0, 0.1) is 0 Å². The second kappa shape index (κ2) is 11.8. The maximum Gasteiger partial charge on any atom is 0.221 e. The third-order valence-electron chi connectivity index (χ3n) is 3.17. The van der Waals surface area contributed by atoms with Crippen LogP contribution in [0.25, 0.3) is 0 Å². The first-order valence-electron chi connectivity index (χ1n) is 8.19. The maximum atomic E-state index is 11.5. The topological polar surface area (TPSA) is 65.5 Å². The Bertz CT molecular complexity index is 505. The fourth-order valence-corrected chi connectivity index (χ4v) is 2.21. The number of hydrogen-bond acceptors (Lipinski definition) is 2. The normalized spacial score (nSPS) is 11.2. The van der Waals surface area contributed by atoms with Crippen LogP contribution in [0.3, 0.4) is 0 Å². The lowest BCUT2D eigenvalue weighted by Crippen LogP contribution is -2.38. The molecule has 3 N–H and O–H groups in total. The van der Waals surface area contributed by atoms with Crippen LogP contribution in [0.15, 0.2) is 29.3 Å². The van der Waals surface area contributed by atoms with Gasteiger partial charge in [-0.3, -0.25) is 9.79 Å². The lowest BCUT2D eigenvalue weighted by Gasteiger charge is -2.11. The Morgan fingerprint density at radius 1 is 1.13 bits per heavy atom. The summed E-state index contributed by atoms with van der Waals surface area (Å²) >= 11 is 6.14. The molecule has 1 aromatic carbocycles. The SMILES string of the molecule is CCCNC(=O)CCN=C(NCC)NCCc1ccccc1Cl. The van der Waals surface area contributed by atoms with Gasteiger partial charge in [-0.1, -0.05) is 36.7 Å². The minimum atomic E-state index is 0.0440. The van der Waals surface area contributed by atoms with Crippen molar-refractivity contribution in [3.8, 4) is 0 Å². The molecule has 128 valence electrons. The van der Waals surface area contributed by atoms with Crippen molar-refractivity contribution in [3.05, 3.63) is 34.9 Å². The van der Waals surface area contributed by atoms with Gasteiger partial charge in [0.1, 0.15) is 0 Å². The number of carbonyl (C=O) groups excluding carboxylic acids is 1. The van der Waals surface area contributed by atoms with E-state index in [4.69, 9.17) is 11.6 Å². The predicted molar refractivity (Wildman–Crippen MR) is 97.1 cm³/mol. The molecule has 5 nitrogen and oxygen atoms in total. The average molecular weight is 339 g/mol. The summed E-state index contributed by atoms with van der Waals surface area (Å²) in [6.45, 7) is 6.75. The van der Waals surface area contributed by atoms with E-state index in [0.717, 1.165) is 49.0 Å². The van der Waals surface area contributed by atoms with E-state index in [1.807, 2.05) is 38.1 Å². The first kappa shape index (κ1) is 19.3. The summed E-state index contributed by atoms with van der Waals surface area (Å²) in [5.41, 5.74) is 1.11. The van der Waals surface area contributed by atoms with Crippen LogP contribution in [0.4, 0.5) is 0 Å². The Kier molecular flexibility index (Phi) is 9.87. The Hall–Kier alpha value is -1.75. The highest BCUT2D eigenvalue weighted by Gasteiger charge is 2.02. The standard InChI is InChI=1S/C17H27ClN4O/c1-3-11-20-16(23)10-13-22-17(19-4-2)21-12-9-14-7-5-6-8-15(14)18/h5-8H,3-4,9-13H2,1-2H3,(H,20,23)(H2,19,21,22). The molecule has 1 amide bonds. The van der Waals surface area contributed by atoms with Gasteiger partial charge in [-0.2, -0.15) is 0 Å². The molecule has 0 aliphatic heterocycles. The van der Waals surface area contributed by atoms with Crippen LogP contribution in [0.5, 0.6) is 0 Å². The van der Waals surface area contributed by atoms with Crippen LogP contribution in [0.1, 0.15) is 32.3 Å². The molecule has 0 aromatic heterocycles. The molecule has 0 saturated carbocycles. The van der Waals surface area contributed by atoms with E-state index in [1.165, 1.54) is 0 Å². The van der Waals surface area contributed by atoms with Crippen LogP contribution in [-0.2, 0) is 11.2 Å². The van der Waals surface area contributed by atoms with Gasteiger partial charge in [0.05, 0.1) is 6.54 Å². The third-order valence-corrected chi connectivity index (χ3v) is 3.54. The number of guanidine groups is 1. The number of hydrogen-bond donors (Lipinski definition) is 3. The molecule has 23 heavy (non-hydrogen) atoms. The number of benzene rings is 1. The molecule has 1 rings (SSSR count). The molecule has 0 aliphatic rings. The highest BCUT2D eigenvalue weighted by molar-refractivity contribution is 6.31. The number of halogens is 1. The Morgan fingerprint density at radius 2 is 1.91 bits per heavy atom. The van der Waals surface area contributed by atoms with Gasteiger partial charge in [0.25, 0.3) is 0 Å². The van der Waals surface area contributed by atoms with E-state index in [9.17, 15) is 4.79 Å². The first-order valence-corrected chi connectivity index (χ1v) is 8.57. The summed E-state index contributed by atoms with van der Waals surface area (Å²) in [5, 5.41) is 10.1. The highest BCUT2D eigenvalue weighted by Crippen LogP contribution is 2.14. The van der Waals surface area contributed by atoms with Crippen molar-refractivity contribution in [2.75, 3.05) is 26.2 Å². The predicted octanol–water partition coefficient (Wildman–Crippen LogP) is 2.35. The second-order valence-corrected chi connectivity index (χ2v) is 5.54. The van der Waals surface area contributed by atoms with Gasteiger partial charge in [-0.15, -0.1) is 0 Å². The number of carbonyl (C=O) groups is 1. The zero-order chi connectivity index (χ0) is 16.9. The fourth-order valence-electron chi connectivity index (χ4n) is 1.98. The molecular formula is C17H27ClN4O. The van der Waals surface area contributed by atoms with Crippen molar-refractivity contribution >= 4 is 23.5 Å². The van der Waals surface area contributed by atoms with Gasteiger partial charge in [-0.25, -0.2) is 0 Å². The number of nitrogens with one attached hydrogen (secondary N) is 3. The third kappa shape index (κ3) is 8.45. The molecule has 0 heterocycles. The van der Waals surface area contributed by atoms with Gasteiger partial charge in [0.15, 0.2) is 5.96 Å². The molecule has 0 atom stereocenters. The largest absolute Gasteiger partial charge is 0.357 e. The minimum Gasteiger partial charge on any atom is -0.357 e. The second-order valence-electron chi connectivity index (χ2n) is 5.13. The van der Waals surface area contributed by atoms with E-state index < -0.39 is 0 Å². The zero-order valence-corrected chi connectivity index (χ0v) is 14.7. The zero-order valence-electron chi connectivity index (χ0n) is 14.0. The summed E-state index contributed by atoms with van der Waals surface area (Å²) in [6.07, 6.45) is 2.17. The van der Waals surface area contributed by atoms with E-state index in [2.05, 4.69) is 20.9 Å². The smallest absolute Gasteiger partial charge is 0.221 e. The van der Waals surface area contributed by atoms with Crippen molar-refractivity contribution in [3.63, 3.8) is 0 Å². The Labute approximate surface area is 143 Å². The van der Waals surface area contributed by atoms with E-state index in [-0.39, 0.29) is 5.91 Å². The first-order chi connectivity index (χ1) is 11.2. The summed E-state index contributed by atoms with van der Waals surface area (Å²) in [4.78, 5) is 16.0. The van der Waals surface area contributed by atoms with Crippen LogP contribution >= 0.6 is 11.6 Å². The highest BCUT2D eigenvalue weighted by atomic mass is 35.5. The number of rotatable bonds is 9. The van der Waals surface area contributed by atoms with Gasteiger partial charge >= 0.3 is 0 Å². The van der Waals surface area contributed by atoms with Crippen molar-refractivity contribution < 1.29 is 4.79 Å². The van der Waals surface area contributed by atoms with E-state index >= 15 is 0 Å². The number of aliphatic imine (C=N–C) groups is 1. The summed E-state index contributed by atoms with van der Waals surface area (Å²) in [7, 11) is 0. The molecule has 0 saturated heterocycles. The van der Waals surface area contributed by atoms with Crippen LogP contribution in [-0.4, -0.2) is 38.0 Å². The van der Waals surface area contributed by atoms with Crippen LogP contribution < -0.4 is 16.0 Å². The molecule has 0 fully saturated rings. The monoisotopic (exact) mass is 338 g/mol. The molecular weight excluding hydrogens is 312 g/mol. The van der Waals surface area contributed by atoms with E-state index in [0.29, 0.717) is 13.0 Å². The van der Waals surface area contributed by atoms with E-state index in [1.54, 1.807) is 0 Å². The fraction of sp³-hybridized carbons (Fsp3) is 0.529. The minimum absolute atomic E-state index is 0.0440. The van der Waals surface area contributed by atoms with Crippen LogP contribution in [0.2, 0.25) is 5.02 Å². The van der Waals surface area contributed by atoms with Gasteiger partial charge in [0, 0.05) is 31.1 Å². The van der Waals surface area contributed by atoms with Crippen molar-refractivity contribution in [1.29, 1.82) is 0 Å². The lowest BCUT2D eigenvalue weighted by molar-refractivity contribution is -0.120. The van der Waals surface area contributed by atoms with Gasteiger partial charge in [-0.05, 0) is 31.4 Å². The number of nitrogens with zero attached hydrogens (tertiary/aromatic N) is 1. The van der Waals surface area contributed by atoms with Gasteiger partial charge in [0.2, 0.25) is 5.91 Å². The average Bonchev–Trinajstić information content (AvgIpc) is 2.54. The molecule has 0 radical (unpaired) electrons. The Balaban J connectivity index is 2.37. The Morgan fingerprint density at radius 3 is 2.61 bits per heavy atom. The lowest BCUT2D eigenvalue weighted by atomic mass is 10.1. The molecule has 0 spiro atoms. The maximum absolute atomic E-state index is 11.5.